The van der Waals surface area contributed by atoms with Crippen LogP contribution in [0.5, 0.6) is 0 Å². The summed E-state index contributed by atoms with van der Waals surface area (Å²) in [5.74, 6) is 0.435. The molecule has 0 radical (unpaired) electrons. The average molecular weight is 326 g/mol. The van der Waals surface area contributed by atoms with Gasteiger partial charge in [0.05, 0.1) is 0 Å². The van der Waals surface area contributed by atoms with Crippen LogP contribution in [0.25, 0.3) is 6.08 Å². The molecule has 0 aromatic heterocycles. The number of rotatable bonds is 5. The first kappa shape index (κ1) is 17.8. The van der Waals surface area contributed by atoms with Gasteiger partial charge in [0.25, 0.3) is 0 Å². The lowest BCUT2D eigenvalue weighted by atomic mass is 9.77. The van der Waals surface area contributed by atoms with Crippen molar-refractivity contribution in [2.24, 2.45) is 5.92 Å². The van der Waals surface area contributed by atoms with Crippen LogP contribution in [-0.4, -0.2) is 6.18 Å². The Kier molecular flexibility index (Phi) is 6.03. The number of alkyl halides is 3. The Morgan fingerprint density at radius 1 is 1.13 bits per heavy atom. The minimum absolute atomic E-state index is 0.0225. The molecule has 1 aromatic carbocycles. The molecule has 0 saturated heterocycles. The highest BCUT2D eigenvalue weighted by molar-refractivity contribution is 5.51. The summed E-state index contributed by atoms with van der Waals surface area (Å²) in [5, 5.41) is 0. The topological polar surface area (TPSA) is 0 Å². The van der Waals surface area contributed by atoms with E-state index in [1.807, 2.05) is 6.08 Å². The zero-order valence-electron chi connectivity index (χ0n) is 13.1. The molecular formula is C19H22F4. The monoisotopic (exact) mass is 326 g/mol. The first-order valence-corrected chi connectivity index (χ1v) is 8.05. The van der Waals surface area contributed by atoms with Crippen molar-refractivity contribution in [2.75, 3.05) is 0 Å². The molecule has 0 heterocycles. The maximum absolute atomic E-state index is 14.0. The molecule has 1 saturated carbocycles. The Balaban J connectivity index is 1.98. The second kappa shape index (κ2) is 7.80. The summed E-state index contributed by atoms with van der Waals surface area (Å²) in [5.41, 5.74) is 0.875. The normalized spacial score (nSPS) is 22.4. The predicted molar refractivity (Wildman–Crippen MR) is 85.6 cm³/mol. The van der Waals surface area contributed by atoms with E-state index >= 15 is 0 Å². The summed E-state index contributed by atoms with van der Waals surface area (Å²) in [6.07, 6.45) is 4.82. The van der Waals surface area contributed by atoms with E-state index in [0.717, 1.165) is 50.2 Å². The molecule has 4 heteroatoms. The van der Waals surface area contributed by atoms with Crippen molar-refractivity contribution in [3.05, 3.63) is 53.9 Å². The van der Waals surface area contributed by atoms with E-state index in [1.54, 1.807) is 6.07 Å². The molecule has 1 aliphatic rings. The first-order chi connectivity index (χ1) is 10.9. The molecule has 126 valence electrons. The van der Waals surface area contributed by atoms with Crippen molar-refractivity contribution in [3.63, 3.8) is 0 Å². The van der Waals surface area contributed by atoms with Crippen LogP contribution in [0.2, 0.25) is 0 Å². The van der Waals surface area contributed by atoms with Gasteiger partial charge in [-0.15, -0.1) is 6.58 Å². The van der Waals surface area contributed by atoms with Gasteiger partial charge >= 0.3 is 6.18 Å². The lowest BCUT2D eigenvalue weighted by Crippen LogP contribution is -2.13. The van der Waals surface area contributed by atoms with E-state index in [-0.39, 0.29) is 11.6 Å². The summed E-state index contributed by atoms with van der Waals surface area (Å²) in [6, 6.07) is 4.59. The number of halogens is 4. The van der Waals surface area contributed by atoms with Crippen LogP contribution in [-0.2, 0) is 0 Å². The molecule has 0 nitrogen and oxygen atoms in total. The fourth-order valence-corrected chi connectivity index (χ4v) is 3.25. The van der Waals surface area contributed by atoms with E-state index in [2.05, 4.69) is 6.58 Å². The van der Waals surface area contributed by atoms with Crippen LogP contribution in [0.1, 0.15) is 55.6 Å². The van der Waals surface area contributed by atoms with Gasteiger partial charge < -0.3 is 0 Å². The minimum atomic E-state index is -4.42. The molecule has 23 heavy (non-hydrogen) atoms. The third-order valence-corrected chi connectivity index (χ3v) is 4.57. The molecule has 0 N–H and O–H groups in total. The highest BCUT2D eigenvalue weighted by atomic mass is 19.4. The first-order valence-electron chi connectivity index (χ1n) is 8.05. The van der Waals surface area contributed by atoms with Crippen LogP contribution >= 0.6 is 0 Å². The van der Waals surface area contributed by atoms with Gasteiger partial charge in [0.1, 0.15) is 5.82 Å². The third kappa shape index (κ3) is 5.52. The Morgan fingerprint density at radius 2 is 1.83 bits per heavy atom. The number of benzene rings is 1. The van der Waals surface area contributed by atoms with Crippen LogP contribution in [0.4, 0.5) is 17.6 Å². The van der Waals surface area contributed by atoms with Crippen LogP contribution in [0.15, 0.2) is 36.9 Å². The highest BCUT2D eigenvalue weighted by Crippen LogP contribution is 2.38. The van der Waals surface area contributed by atoms with Crippen molar-refractivity contribution < 1.29 is 17.6 Å². The summed E-state index contributed by atoms with van der Waals surface area (Å²) in [6.45, 7) is 3.74. The van der Waals surface area contributed by atoms with Gasteiger partial charge in [0.15, 0.2) is 0 Å². The zero-order valence-corrected chi connectivity index (χ0v) is 13.1. The molecule has 2 rings (SSSR count). The number of hydrogen-bond donors (Lipinski definition) is 0. The maximum atomic E-state index is 14.0. The third-order valence-electron chi connectivity index (χ3n) is 4.57. The Hall–Kier alpha value is -1.58. The second-order valence-corrected chi connectivity index (χ2v) is 6.24. The fraction of sp³-hybridized carbons (Fsp3) is 0.474. The van der Waals surface area contributed by atoms with Crippen LogP contribution < -0.4 is 0 Å². The van der Waals surface area contributed by atoms with Gasteiger partial charge in [0, 0.05) is 11.6 Å². The quantitative estimate of drug-likeness (QED) is 0.420. The molecule has 0 atom stereocenters. The predicted octanol–water partition coefficient (Wildman–Crippen LogP) is 6.64. The molecular weight excluding hydrogens is 304 g/mol. The molecule has 0 aliphatic heterocycles. The van der Waals surface area contributed by atoms with Crippen molar-refractivity contribution >= 4 is 6.08 Å². The van der Waals surface area contributed by atoms with Crippen molar-refractivity contribution in [2.45, 2.75) is 50.6 Å². The minimum Gasteiger partial charge on any atom is -0.206 e. The van der Waals surface area contributed by atoms with Crippen LogP contribution in [0.3, 0.4) is 0 Å². The van der Waals surface area contributed by atoms with Crippen LogP contribution in [0, 0.1) is 11.7 Å². The Morgan fingerprint density at radius 3 is 2.39 bits per heavy atom. The lowest BCUT2D eigenvalue weighted by molar-refractivity contribution is -0.0790. The Bertz CT molecular complexity index is 549. The molecule has 0 amide bonds. The molecule has 0 bridgehead atoms. The lowest BCUT2D eigenvalue weighted by Gasteiger charge is -2.28. The van der Waals surface area contributed by atoms with Crippen molar-refractivity contribution in [3.8, 4) is 0 Å². The van der Waals surface area contributed by atoms with Gasteiger partial charge in [-0.3, -0.25) is 0 Å². The van der Waals surface area contributed by atoms with E-state index in [9.17, 15) is 17.6 Å². The van der Waals surface area contributed by atoms with Crippen molar-refractivity contribution in [1.29, 1.82) is 0 Å². The second-order valence-electron chi connectivity index (χ2n) is 6.24. The number of allylic oxidation sites excluding steroid dienone is 2. The van der Waals surface area contributed by atoms with E-state index in [0.29, 0.717) is 11.8 Å². The van der Waals surface area contributed by atoms with E-state index < -0.39 is 12.0 Å². The van der Waals surface area contributed by atoms with Gasteiger partial charge in [0.2, 0.25) is 0 Å². The Labute approximate surface area is 134 Å². The molecule has 0 unspecified atom stereocenters. The fourth-order valence-electron chi connectivity index (χ4n) is 3.25. The smallest absolute Gasteiger partial charge is 0.206 e. The van der Waals surface area contributed by atoms with Gasteiger partial charge in [-0.2, -0.15) is 13.2 Å². The molecule has 1 aromatic rings. The SMILES string of the molecule is C=CCCC1CCC(c2ccc(/C=C/C(F)(F)F)c(F)c2)CC1. The summed E-state index contributed by atoms with van der Waals surface area (Å²) < 4.78 is 50.5. The van der Waals surface area contributed by atoms with Gasteiger partial charge in [-0.1, -0.05) is 18.2 Å². The molecule has 1 aliphatic carbocycles. The van der Waals surface area contributed by atoms with Crippen molar-refractivity contribution in [1.82, 2.24) is 0 Å². The highest BCUT2D eigenvalue weighted by Gasteiger charge is 2.24. The summed E-state index contributed by atoms with van der Waals surface area (Å²) in [7, 11) is 0. The number of hydrogen-bond acceptors (Lipinski definition) is 0. The standard InChI is InChI=1S/C19H22F4/c1-2-3-4-14-5-7-15(8-6-14)17-10-9-16(18(20)13-17)11-12-19(21,22)23/h2,9-15H,1,3-8H2/b12-11+. The maximum Gasteiger partial charge on any atom is 0.409 e. The summed E-state index contributed by atoms with van der Waals surface area (Å²) >= 11 is 0. The average Bonchev–Trinajstić information content (AvgIpc) is 2.51. The van der Waals surface area contributed by atoms with Gasteiger partial charge in [-0.25, -0.2) is 4.39 Å². The van der Waals surface area contributed by atoms with Gasteiger partial charge in [-0.05, 0) is 68.1 Å². The largest absolute Gasteiger partial charge is 0.409 e. The van der Waals surface area contributed by atoms with E-state index in [1.165, 1.54) is 12.1 Å². The summed E-state index contributed by atoms with van der Waals surface area (Å²) in [4.78, 5) is 0. The molecule has 1 fully saturated rings. The molecule has 0 spiro atoms. The zero-order chi connectivity index (χ0) is 16.9. The van der Waals surface area contributed by atoms with E-state index in [4.69, 9.17) is 0 Å².